The molecule has 0 aliphatic heterocycles. The van der Waals surface area contributed by atoms with Crippen LogP contribution in [-0.2, 0) is 0 Å². The number of rotatable bonds is 4. The quantitative estimate of drug-likeness (QED) is 0.832. The number of aromatic nitrogens is 3. The molecule has 1 fully saturated rings. The van der Waals surface area contributed by atoms with E-state index in [9.17, 15) is 4.79 Å². The number of nitrogens with one attached hydrogen (secondary N) is 1. The zero-order chi connectivity index (χ0) is 17.1. The van der Waals surface area contributed by atoms with Gasteiger partial charge in [-0.05, 0) is 25.7 Å². The molecule has 124 valence electrons. The molecule has 0 bridgehead atoms. The second kappa shape index (κ2) is 6.71. The Labute approximate surface area is 140 Å². The van der Waals surface area contributed by atoms with Gasteiger partial charge >= 0.3 is 0 Å². The van der Waals surface area contributed by atoms with Crippen LogP contribution in [0.5, 0.6) is 0 Å². The molecule has 24 heavy (non-hydrogen) atoms. The van der Waals surface area contributed by atoms with E-state index in [1.165, 1.54) is 12.5 Å². The molecule has 7 nitrogen and oxygen atoms in total. The van der Waals surface area contributed by atoms with Crippen LogP contribution in [0.15, 0.2) is 16.9 Å². The summed E-state index contributed by atoms with van der Waals surface area (Å²) in [6.45, 7) is 1.74. The van der Waals surface area contributed by atoms with Crippen LogP contribution in [0, 0.1) is 25.2 Å². The van der Waals surface area contributed by atoms with Crippen LogP contribution in [0.1, 0.15) is 41.9 Å². The molecule has 3 rings (SSSR count). The van der Waals surface area contributed by atoms with E-state index in [1.54, 1.807) is 6.92 Å². The first-order valence-corrected chi connectivity index (χ1v) is 7.88. The molecular formula is C17H19N5O2. The van der Waals surface area contributed by atoms with Gasteiger partial charge < -0.3 is 15.5 Å². The fourth-order valence-electron chi connectivity index (χ4n) is 3.10. The van der Waals surface area contributed by atoms with Crippen molar-refractivity contribution in [3.63, 3.8) is 0 Å². The molecule has 2 aromatic rings. The number of hydrogen-bond acceptors (Lipinski definition) is 6. The van der Waals surface area contributed by atoms with Gasteiger partial charge in [0.05, 0.1) is 11.9 Å². The molecule has 0 radical (unpaired) electrons. The number of anilines is 1. The van der Waals surface area contributed by atoms with Gasteiger partial charge in [0.25, 0.3) is 5.91 Å². The molecule has 7 heteroatoms. The Balaban J connectivity index is 1.81. The van der Waals surface area contributed by atoms with Crippen LogP contribution < -0.4 is 11.1 Å². The normalized spacial score (nSPS) is 19.8. The zero-order valence-electron chi connectivity index (χ0n) is 13.5. The molecular weight excluding hydrogens is 306 g/mol. The average Bonchev–Trinajstić information content (AvgIpc) is 3.22. The van der Waals surface area contributed by atoms with E-state index >= 15 is 0 Å². The van der Waals surface area contributed by atoms with E-state index in [4.69, 9.17) is 16.6 Å². The van der Waals surface area contributed by atoms with Crippen LogP contribution in [0.4, 0.5) is 5.82 Å². The van der Waals surface area contributed by atoms with Gasteiger partial charge in [0.15, 0.2) is 11.5 Å². The second-order valence-electron chi connectivity index (χ2n) is 5.91. The number of carbonyl (C=O) groups excluding carboxylic acids is 1. The molecule has 3 N–H and O–H groups in total. The highest BCUT2D eigenvalue weighted by Crippen LogP contribution is 2.28. The molecule has 0 aromatic carbocycles. The van der Waals surface area contributed by atoms with Crippen molar-refractivity contribution in [1.29, 1.82) is 0 Å². The van der Waals surface area contributed by atoms with Crippen molar-refractivity contribution in [3.8, 4) is 23.9 Å². The van der Waals surface area contributed by atoms with Gasteiger partial charge in [-0.3, -0.25) is 4.79 Å². The first-order chi connectivity index (χ1) is 11.6. The molecule has 2 heterocycles. The topological polar surface area (TPSA) is 107 Å². The van der Waals surface area contributed by atoms with Crippen molar-refractivity contribution in [2.24, 2.45) is 5.92 Å². The minimum Gasteiger partial charge on any atom is -0.443 e. The Hall–Kier alpha value is -2.88. The molecule has 1 amide bonds. The van der Waals surface area contributed by atoms with Crippen molar-refractivity contribution in [2.75, 3.05) is 5.73 Å². The maximum atomic E-state index is 12.5. The summed E-state index contributed by atoms with van der Waals surface area (Å²) in [4.78, 5) is 25.1. The van der Waals surface area contributed by atoms with Gasteiger partial charge in [0.2, 0.25) is 5.89 Å². The molecule has 1 saturated carbocycles. The smallest absolute Gasteiger partial charge is 0.273 e. The van der Waals surface area contributed by atoms with Crippen molar-refractivity contribution in [2.45, 2.75) is 38.6 Å². The fourth-order valence-corrected chi connectivity index (χ4v) is 3.10. The van der Waals surface area contributed by atoms with E-state index in [-0.39, 0.29) is 23.5 Å². The highest BCUT2D eigenvalue weighted by Gasteiger charge is 2.29. The fraction of sp³-hybridized carbons (Fsp3) is 0.412. The van der Waals surface area contributed by atoms with Crippen molar-refractivity contribution < 1.29 is 9.21 Å². The lowest BCUT2D eigenvalue weighted by atomic mass is 10.00. The van der Waals surface area contributed by atoms with Crippen molar-refractivity contribution >= 4 is 11.7 Å². The molecule has 2 atom stereocenters. The Bertz CT molecular complexity index is 779. The lowest BCUT2D eigenvalue weighted by Crippen LogP contribution is -2.38. The standard InChI is InChI=1S/C17H19N5O2/c1-3-5-11-6-4-7-12(11)21-16(23)14-15(18)22-13(10(2)20-14)17-19-8-9-24-17/h1,8-9,11-12H,4-7H2,2H3,(H2,18,22)(H,21,23)/t11-,12+/m0/s1. The van der Waals surface area contributed by atoms with Gasteiger partial charge in [-0.2, -0.15) is 0 Å². The van der Waals surface area contributed by atoms with Crippen LogP contribution >= 0.6 is 0 Å². The van der Waals surface area contributed by atoms with Crippen LogP contribution in [0.3, 0.4) is 0 Å². The van der Waals surface area contributed by atoms with Gasteiger partial charge in [0, 0.05) is 12.5 Å². The van der Waals surface area contributed by atoms with Crippen LogP contribution in [-0.4, -0.2) is 26.9 Å². The van der Waals surface area contributed by atoms with E-state index < -0.39 is 0 Å². The number of oxazole rings is 1. The predicted octanol–water partition coefficient (Wildman–Crippen LogP) is 1.94. The van der Waals surface area contributed by atoms with E-state index in [1.807, 2.05) is 0 Å². The van der Waals surface area contributed by atoms with E-state index in [0.717, 1.165) is 19.3 Å². The maximum absolute atomic E-state index is 12.5. The summed E-state index contributed by atoms with van der Waals surface area (Å²) in [5, 5.41) is 3.00. The summed E-state index contributed by atoms with van der Waals surface area (Å²) in [6.07, 6.45) is 12.0. The largest absolute Gasteiger partial charge is 0.443 e. The highest BCUT2D eigenvalue weighted by atomic mass is 16.3. The van der Waals surface area contributed by atoms with Crippen molar-refractivity contribution in [1.82, 2.24) is 20.3 Å². The summed E-state index contributed by atoms with van der Waals surface area (Å²) < 4.78 is 5.22. The molecule has 0 unspecified atom stereocenters. The Morgan fingerprint density at radius 3 is 3.04 bits per heavy atom. The Morgan fingerprint density at radius 2 is 2.33 bits per heavy atom. The third kappa shape index (κ3) is 3.08. The first kappa shape index (κ1) is 16.0. The van der Waals surface area contributed by atoms with Gasteiger partial charge in [-0.1, -0.05) is 6.42 Å². The third-order valence-corrected chi connectivity index (χ3v) is 4.30. The van der Waals surface area contributed by atoms with Gasteiger partial charge in [0.1, 0.15) is 12.0 Å². The lowest BCUT2D eigenvalue weighted by Gasteiger charge is -2.19. The molecule has 0 spiro atoms. The third-order valence-electron chi connectivity index (χ3n) is 4.30. The van der Waals surface area contributed by atoms with Gasteiger partial charge in [-0.25, -0.2) is 15.0 Å². The monoisotopic (exact) mass is 325 g/mol. The number of hydrogen-bond donors (Lipinski definition) is 2. The number of nitrogens with zero attached hydrogens (tertiary/aromatic N) is 3. The SMILES string of the molecule is C#CC[C@H]1CCC[C@H]1NC(=O)c1nc(C)c(-c2ncco2)nc1N. The first-order valence-electron chi connectivity index (χ1n) is 7.88. The van der Waals surface area contributed by atoms with Crippen LogP contribution in [0.2, 0.25) is 0 Å². The number of amides is 1. The summed E-state index contributed by atoms with van der Waals surface area (Å²) in [6, 6.07) is 0.0569. The minimum absolute atomic E-state index is 0.0535. The molecule has 1 aliphatic carbocycles. The van der Waals surface area contributed by atoms with E-state index in [2.05, 4.69) is 26.2 Å². The zero-order valence-corrected chi connectivity index (χ0v) is 13.5. The van der Waals surface area contributed by atoms with Crippen molar-refractivity contribution in [3.05, 3.63) is 23.8 Å². The minimum atomic E-state index is -0.323. The summed E-state index contributed by atoms with van der Waals surface area (Å²) in [7, 11) is 0. The van der Waals surface area contributed by atoms with Crippen LogP contribution in [0.25, 0.3) is 11.6 Å². The summed E-state index contributed by atoms with van der Waals surface area (Å²) in [5.74, 6) is 3.03. The number of nitrogen functional groups attached to an aromatic ring is 1. The van der Waals surface area contributed by atoms with Gasteiger partial charge in [-0.15, -0.1) is 12.3 Å². The maximum Gasteiger partial charge on any atom is 0.273 e. The Kier molecular flexibility index (Phi) is 4.47. The predicted molar refractivity (Wildman–Crippen MR) is 88.7 cm³/mol. The highest BCUT2D eigenvalue weighted by molar-refractivity contribution is 5.96. The second-order valence-corrected chi connectivity index (χ2v) is 5.91. The average molecular weight is 325 g/mol. The molecule has 0 saturated heterocycles. The number of aryl methyl sites for hydroxylation is 1. The number of terminal acetylenes is 1. The molecule has 1 aliphatic rings. The summed E-state index contributed by atoms with van der Waals surface area (Å²) >= 11 is 0. The number of carbonyl (C=O) groups is 1. The summed E-state index contributed by atoms with van der Waals surface area (Å²) in [5.41, 5.74) is 7.01. The van der Waals surface area contributed by atoms with E-state index in [0.29, 0.717) is 29.6 Å². The number of nitrogens with two attached hydrogens (primary N) is 1. The lowest BCUT2D eigenvalue weighted by molar-refractivity contribution is 0.0923. The Morgan fingerprint density at radius 1 is 1.50 bits per heavy atom. The molecule has 2 aromatic heterocycles.